The average Bonchev–Trinajstić information content (AvgIpc) is 3.43. The molecule has 32 heavy (non-hydrogen) atoms. The summed E-state index contributed by atoms with van der Waals surface area (Å²) >= 11 is 0. The fraction of sp³-hybridized carbons (Fsp3) is 0. The average molecular weight is 422 g/mol. The van der Waals surface area contributed by atoms with Gasteiger partial charge < -0.3 is 10.1 Å². The number of fused-ring (bicyclic) bond motifs is 2. The van der Waals surface area contributed by atoms with Crippen molar-refractivity contribution in [3.05, 3.63) is 79.1 Å². The van der Waals surface area contributed by atoms with E-state index in [1.807, 2.05) is 18.2 Å². The van der Waals surface area contributed by atoms with Crippen LogP contribution in [0.25, 0.3) is 55.7 Å². The van der Waals surface area contributed by atoms with Gasteiger partial charge >= 0.3 is 0 Å². The predicted molar refractivity (Wildman–Crippen MR) is 119 cm³/mol. The van der Waals surface area contributed by atoms with Crippen molar-refractivity contribution in [3.63, 3.8) is 0 Å². The van der Waals surface area contributed by atoms with Crippen LogP contribution in [0.3, 0.4) is 0 Å². The lowest BCUT2D eigenvalue weighted by Gasteiger charge is -2.04. The minimum Gasteiger partial charge on any atom is -0.506 e. The molecule has 0 aliphatic heterocycles. The molecule has 0 saturated carbocycles. The van der Waals surface area contributed by atoms with Crippen molar-refractivity contribution >= 4 is 21.9 Å². The SMILES string of the molecule is Oc1cncc(-c2cc3c(-c4cc5c(-c6ccccc6F)ccnc5[nH]4)n[nH]c3cn2)c1. The Labute approximate surface area is 180 Å². The molecule has 1 aromatic carbocycles. The topological polar surface area (TPSA) is 103 Å². The number of benzene rings is 1. The molecule has 0 aliphatic rings. The summed E-state index contributed by atoms with van der Waals surface area (Å²) in [7, 11) is 0. The molecular formula is C24H15FN6O. The van der Waals surface area contributed by atoms with Crippen molar-refractivity contribution in [2.45, 2.75) is 0 Å². The van der Waals surface area contributed by atoms with E-state index in [4.69, 9.17) is 0 Å². The Hall–Kier alpha value is -4.59. The minimum atomic E-state index is -0.289. The molecule has 154 valence electrons. The molecule has 8 heteroatoms. The van der Waals surface area contributed by atoms with Crippen molar-refractivity contribution in [2.24, 2.45) is 0 Å². The molecule has 0 atom stereocenters. The molecule has 3 N–H and O–H groups in total. The number of rotatable bonds is 3. The second-order valence-electron chi connectivity index (χ2n) is 7.40. The number of hydrogen-bond donors (Lipinski definition) is 3. The first-order valence-corrected chi connectivity index (χ1v) is 9.89. The Morgan fingerprint density at radius 1 is 0.875 bits per heavy atom. The molecule has 0 amide bonds. The number of H-pyrrole nitrogens is 2. The Balaban J connectivity index is 1.52. The van der Waals surface area contributed by atoms with Crippen molar-refractivity contribution in [1.82, 2.24) is 30.1 Å². The Kier molecular flexibility index (Phi) is 3.97. The van der Waals surface area contributed by atoms with Crippen LogP contribution < -0.4 is 0 Å². The van der Waals surface area contributed by atoms with Gasteiger partial charge in [0.2, 0.25) is 0 Å². The Bertz CT molecular complexity index is 1620. The Morgan fingerprint density at radius 3 is 2.66 bits per heavy atom. The molecule has 0 bridgehead atoms. The van der Waals surface area contributed by atoms with Gasteiger partial charge in [-0.3, -0.25) is 15.1 Å². The maximum atomic E-state index is 14.4. The summed E-state index contributed by atoms with van der Waals surface area (Å²) in [6.45, 7) is 0. The summed E-state index contributed by atoms with van der Waals surface area (Å²) in [6, 6.07) is 13.9. The van der Waals surface area contributed by atoms with Gasteiger partial charge in [-0.2, -0.15) is 5.10 Å². The van der Waals surface area contributed by atoms with Crippen molar-refractivity contribution in [1.29, 1.82) is 0 Å². The zero-order valence-corrected chi connectivity index (χ0v) is 16.5. The summed E-state index contributed by atoms with van der Waals surface area (Å²) in [5.74, 6) is -0.220. The molecule has 0 unspecified atom stereocenters. The maximum Gasteiger partial charge on any atom is 0.138 e. The summed E-state index contributed by atoms with van der Waals surface area (Å²) < 4.78 is 14.4. The monoisotopic (exact) mass is 422 g/mol. The second kappa shape index (κ2) is 6.98. The fourth-order valence-electron chi connectivity index (χ4n) is 3.92. The zero-order chi connectivity index (χ0) is 21.7. The first kappa shape index (κ1) is 18.2. The number of pyridine rings is 3. The van der Waals surface area contributed by atoms with E-state index in [9.17, 15) is 9.50 Å². The van der Waals surface area contributed by atoms with E-state index >= 15 is 0 Å². The third-order valence-electron chi connectivity index (χ3n) is 5.42. The van der Waals surface area contributed by atoms with E-state index in [0.29, 0.717) is 28.2 Å². The van der Waals surface area contributed by atoms with Gasteiger partial charge in [-0.15, -0.1) is 0 Å². The van der Waals surface area contributed by atoms with Crippen LogP contribution in [0.15, 0.2) is 73.3 Å². The summed E-state index contributed by atoms with van der Waals surface area (Å²) in [5, 5.41) is 18.9. The number of aromatic amines is 2. The molecule has 0 spiro atoms. The molecule has 5 heterocycles. The third kappa shape index (κ3) is 2.89. The molecule has 0 aliphatic carbocycles. The summed E-state index contributed by atoms with van der Waals surface area (Å²) in [4.78, 5) is 16.2. The number of aromatic hydroxyl groups is 1. The molecule has 7 nitrogen and oxygen atoms in total. The van der Waals surface area contributed by atoms with Crippen LogP contribution in [0.4, 0.5) is 4.39 Å². The van der Waals surface area contributed by atoms with Crippen molar-refractivity contribution in [3.8, 4) is 39.5 Å². The lowest BCUT2D eigenvalue weighted by Crippen LogP contribution is -1.85. The van der Waals surface area contributed by atoms with Crippen LogP contribution in [0.2, 0.25) is 0 Å². The van der Waals surface area contributed by atoms with E-state index in [1.54, 1.807) is 42.9 Å². The second-order valence-corrected chi connectivity index (χ2v) is 7.40. The first-order chi connectivity index (χ1) is 15.7. The number of nitrogens with zero attached hydrogens (tertiary/aromatic N) is 4. The molecule has 5 aromatic heterocycles. The van der Waals surface area contributed by atoms with Gasteiger partial charge in [0.1, 0.15) is 22.9 Å². The van der Waals surface area contributed by atoms with Gasteiger partial charge in [-0.1, -0.05) is 18.2 Å². The molecule has 6 aromatic rings. The quantitative estimate of drug-likeness (QED) is 0.369. The maximum absolute atomic E-state index is 14.4. The number of aromatic nitrogens is 6. The standard InChI is InChI=1S/C24H15FN6O/c25-19-4-2-1-3-16(19)15-5-6-27-24-17(15)8-21(29-24)23-18-9-20(28-12-22(18)30-31-23)13-7-14(32)11-26-10-13/h1-12,32H,(H,27,29)(H,30,31). The zero-order valence-electron chi connectivity index (χ0n) is 16.5. The number of halogens is 1. The van der Waals surface area contributed by atoms with Crippen molar-refractivity contribution in [2.75, 3.05) is 0 Å². The Morgan fingerprint density at radius 2 is 1.78 bits per heavy atom. The van der Waals surface area contributed by atoms with Gasteiger partial charge in [0, 0.05) is 34.3 Å². The van der Waals surface area contributed by atoms with E-state index in [-0.39, 0.29) is 11.6 Å². The molecule has 6 rings (SSSR count). The first-order valence-electron chi connectivity index (χ1n) is 9.89. The highest BCUT2D eigenvalue weighted by atomic mass is 19.1. The van der Waals surface area contributed by atoms with Crippen molar-refractivity contribution < 1.29 is 9.50 Å². The van der Waals surface area contributed by atoms with E-state index in [1.165, 1.54) is 12.3 Å². The smallest absolute Gasteiger partial charge is 0.138 e. The van der Waals surface area contributed by atoms with Crippen LogP contribution in [-0.4, -0.2) is 35.2 Å². The number of hydrogen-bond acceptors (Lipinski definition) is 5. The van der Waals surface area contributed by atoms with Crippen LogP contribution in [0, 0.1) is 5.82 Å². The highest BCUT2D eigenvalue weighted by Crippen LogP contribution is 2.34. The third-order valence-corrected chi connectivity index (χ3v) is 5.42. The lowest BCUT2D eigenvalue weighted by atomic mass is 10.0. The van der Waals surface area contributed by atoms with Crippen LogP contribution in [0.5, 0.6) is 5.75 Å². The van der Waals surface area contributed by atoms with Crippen LogP contribution in [0.1, 0.15) is 0 Å². The van der Waals surface area contributed by atoms with E-state index in [2.05, 4.69) is 30.1 Å². The van der Waals surface area contributed by atoms with Gasteiger partial charge in [0.05, 0.1) is 29.3 Å². The fourth-order valence-corrected chi connectivity index (χ4v) is 3.92. The van der Waals surface area contributed by atoms with Gasteiger partial charge in [0.25, 0.3) is 0 Å². The molecular weight excluding hydrogens is 407 g/mol. The molecule has 0 fully saturated rings. The lowest BCUT2D eigenvalue weighted by molar-refractivity contribution is 0.473. The van der Waals surface area contributed by atoms with Gasteiger partial charge in [-0.05, 0) is 35.9 Å². The van der Waals surface area contributed by atoms with E-state index < -0.39 is 0 Å². The van der Waals surface area contributed by atoms with Crippen LogP contribution in [-0.2, 0) is 0 Å². The highest BCUT2D eigenvalue weighted by molar-refractivity contribution is 6.00. The van der Waals surface area contributed by atoms with E-state index in [0.717, 1.165) is 27.5 Å². The largest absolute Gasteiger partial charge is 0.506 e. The predicted octanol–water partition coefficient (Wildman–Crippen LogP) is 5.07. The van der Waals surface area contributed by atoms with Gasteiger partial charge in [-0.25, -0.2) is 9.37 Å². The summed E-state index contributed by atoms with van der Waals surface area (Å²) in [5.41, 5.74) is 5.46. The highest BCUT2D eigenvalue weighted by Gasteiger charge is 2.16. The van der Waals surface area contributed by atoms with Crippen LogP contribution >= 0.6 is 0 Å². The molecule has 0 radical (unpaired) electrons. The van der Waals surface area contributed by atoms with Gasteiger partial charge in [0.15, 0.2) is 0 Å². The summed E-state index contributed by atoms with van der Waals surface area (Å²) in [6.07, 6.45) is 6.36. The normalized spacial score (nSPS) is 11.4. The minimum absolute atomic E-state index is 0.0687. The number of nitrogens with one attached hydrogen (secondary N) is 2. The molecule has 0 saturated heterocycles.